The van der Waals surface area contributed by atoms with Gasteiger partial charge in [0.25, 0.3) is 0 Å². The van der Waals surface area contributed by atoms with Gasteiger partial charge in [0.1, 0.15) is 11.3 Å². The van der Waals surface area contributed by atoms with E-state index in [-0.39, 0.29) is 0 Å². The highest BCUT2D eigenvalue weighted by atomic mass is 35.5. The Kier molecular flexibility index (Phi) is 1.92. The average Bonchev–Trinajstić information content (AvgIpc) is 2.42. The third-order valence-electron chi connectivity index (χ3n) is 2.00. The molecule has 0 fully saturated rings. The average molecular weight is 197 g/mol. The van der Waals surface area contributed by atoms with Crippen LogP contribution in [0.5, 0.6) is 0 Å². The normalized spacial score (nSPS) is 11.0. The van der Waals surface area contributed by atoms with Crippen molar-refractivity contribution in [1.29, 1.82) is 0 Å². The van der Waals surface area contributed by atoms with Gasteiger partial charge >= 0.3 is 0 Å². The SMILES string of the molecule is CCc1nc2cc(Cl)nnc2n1C. The standard InChI is InChI=1S/C8H9ClN4/c1-3-7-10-5-4-6(9)11-12-8(5)13(7)2/h4H,3H2,1-2H3. The summed E-state index contributed by atoms with van der Waals surface area (Å²) in [6, 6.07) is 1.73. The molecule has 2 aromatic rings. The van der Waals surface area contributed by atoms with Crippen molar-refractivity contribution < 1.29 is 0 Å². The van der Waals surface area contributed by atoms with Crippen molar-refractivity contribution in [3.63, 3.8) is 0 Å². The number of nitrogens with zero attached hydrogens (tertiary/aromatic N) is 4. The number of aromatic nitrogens is 4. The van der Waals surface area contributed by atoms with Gasteiger partial charge in [-0.05, 0) is 0 Å². The van der Waals surface area contributed by atoms with E-state index in [1.165, 1.54) is 0 Å². The Morgan fingerprint density at radius 2 is 2.23 bits per heavy atom. The zero-order chi connectivity index (χ0) is 9.42. The molecule has 13 heavy (non-hydrogen) atoms. The summed E-state index contributed by atoms with van der Waals surface area (Å²) < 4.78 is 1.93. The summed E-state index contributed by atoms with van der Waals surface area (Å²) >= 11 is 5.70. The van der Waals surface area contributed by atoms with Crippen LogP contribution >= 0.6 is 11.6 Å². The van der Waals surface area contributed by atoms with Crippen molar-refractivity contribution in [1.82, 2.24) is 19.7 Å². The fourth-order valence-corrected chi connectivity index (χ4v) is 1.47. The summed E-state index contributed by atoms with van der Waals surface area (Å²) in [6.45, 7) is 2.05. The summed E-state index contributed by atoms with van der Waals surface area (Å²) in [5.74, 6) is 0.992. The van der Waals surface area contributed by atoms with Crippen LogP contribution in [0.25, 0.3) is 11.2 Å². The van der Waals surface area contributed by atoms with Crippen LogP contribution in [0.3, 0.4) is 0 Å². The summed E-state index contributed by atoms with van der Waals surface area (Å²) in [5.41, 5.74) is 1.58. The first kappa shape index (κ1) is 8.44. The summed E-state index contributed by atoms with van der Waals surface area (Å²) in [7, 11) is 1.93. The molecule has 0 spiro atoms. The Bertz CT molecular complexity index is 449. The van der Waals surface area contributed by atoms with E-state index in [4.69, 9.17) is 11.6 Å². The second-order valence-electron chi connectivity index (χ2n) is 2.82. The molecule has 0 unspecified atom stereocenters. The largest absolute Gasteiger partial charge is 0.314 e. The Labute approximate surface area is 80.6 Å². The predicted molar refractivity (Wildman–Crippen MR) is 50.7 cm³/mol. The van der Waals surface area contributed by atoms with Gasteiger partial charge in [-0.15, -0.1) is 10.2 Å². The smallest absolute Gasteiger partial charge is 0.182 e. The van der Waals surface area contributed by atoms with E-state index in [1.807, 2.05) is 11.6 Å². The number of aryl methyl sites for hydroxylation is 2. The second kappa shape index (κ2) is 2.96. The monoisotopic (exact) mass is 196 g/mol. The van der Waals surface area contributed by atoms with Gasteiger partial charge in [0.05, 0.1) is 0 Å². The maximum atomic E-state index is 5.70. The minimum atomic E-state index is 0.383. The molecule has 0 aromatic carbocycles. The van der Waals surface area contributed by atoms with E-state index >= 15 is 0 Å². The molecule has 0 atom stereocenters. The Morgan fingerprint density at radius 1 is 1.46 bits per heavy atom. The number of rotatable bonds is 1. The molecule has 2 rings (SSSR count). The molecule has 0 aliphatic heterocycles. The zero-order valence-electron chi connectivity index (χ0n) is 7.45. The minimum Gasteiger partial charge on any atom is -0.314 e. The number of imidazole rings is 1. The van der Waals surface area contributed by atoms with Gasteiger partial charge in [0.2, 0.25) is 0 Å². The maximum Gasteiger partial charge on any atom is 0.182 e. The van der Waals surface area contributed by atoms with Crippen LogP contribution < -0.4 is 0 Å². The van der Waals surface area contributed by atoms with Crippen LogP contribution in [0.4, 0.5) is 0 Å². The first-order chi connectivity index (χ1) is 6.22. The van der Waals surface area contributed by atoms with E-state index in [2.05, 4.69) is 22.1 Å². The first-order valence-corrected chi connectivity index (χ1v) is 4.44. The molecule has 0 aliphatic carbocycles. The van der Waals surface area contributed by atoms with Gasteiger partial charge in [-0.2, -0.15) is 0 Å². The molecule has 0 amide bonds. The quantitative estimate of drug-likeness (QED) is 0.696. The summed E-state index contributed by atoms with van der Waals surface area (Å²) in [4.78, 5) is 4.37. The molecular formula is C8H9ClN4. The summed E-state index contributed by atoms with van der Waals surface area (Å²) in [6.07, 6.45) is 0.879. The molecular weight excluding hydrogens is 188 g/mol. The fraction of sp³-hybridized carbons (Fsp3) is 0.375. The van der Waals surface area contributed by atoms with E-state index in [1.54, 1.807) is 6.07 Å². The molecule has 0 aliphatic rings. The number of halogens is 1. The predicted octanol–water partition coefficient (Wildman–Crippen LogP) is 1.58. The topological polar surface area (TPSA) is 43.6 Å². The number of hydrogen-bond acceptors (Lipinski definition) is 3. The molecule has 2 heterocycles. The lowest BCUT2D eigenvalue weighted by atomic mass is 10.5. The van der Waals surface area contributed by atoms with Crippen LogP contribution in [0.15, 0.2) is 6.07 Å². The van der Waals surface area contributed by atoms with Crippen LogP contribution in [0.2, 0.25) is 5.15 Å². The molecule has 0 saturated carbocycles. The van der Waals surface area contributed by atoms with Crippen molar-refractivity contribution in [2.24, 2.45) is 7.05 Å². The molecule has 0 saturated heterocycles. The highest BCUT2D eigenvalue weighted by Crippen LogP contribution is 2.14. The lowest BCUT2D eigenvalue weighted by Crippen LogP contribution is -1.96. The zero-order valence-corrected chi connectivity index (χ0v) is 8.21. The van der Waals surface area contributed by atoms with Crippen molar-refractivity contribution in [2.45, 2.75) is 13.3 Å². The molecule has 0 bridgehead atoms. The third kappa shape index (κ3) is 1.27. The van der Waals surface area contributed by atoms with E-state index < -0.39 is 0 Å². The van der Waals surface area contributed by atoms with Crippen LogP contribution in [-0.4, -0.2) is 19.7 Å². The first-order valence-electron chi connectivity index (χ1n) is 4.07. The van der Waals surface area contributed by atoms with Crippen molar-refractivity contribution in [2.75, 3.05) is 0 Å². The molecule has 0 N–H and O–H groups in total. The molecule has 0 radical (unpaired) electrons. The number of fused-ring (bicyclic) bond motifs is 1. The Balaban J connectivity index is 2.76. The van der Waals surface area contributed by atoms with Crippen molar-refractivity contribution in [3.05, 3.63) is 17.0 Å². The van der Waals surface area contributed by atoms with Crippen molar-refractivity contribution in [3.8, 4) is 0 Å². The van der Waals surface area contributed by atoms with Crippen LogP contribution in [0.1, 0.15) is 12.7 Å². The lowest BCUT2D eigenvalue weighted by Gasteiger charge is -1.95. The van der Waals surface area contributed by atoms with E-state index in [0.717, 1.165) is 23.4 Å². The van der Waals surface area contributed by atoms with Gasteiger partial charge in [0.15, 0.2) is 10.8 Å². The van der Waals surface area contributed by atoms with Gasteiger partial charge in [-0.25, -0.2) is 4.98 Å². The van der Waals surface area contributed by atoms with E-state index in [0.29, 0.717) is 5.15 Å². The molecule has 5 heteroatoms. The maximum absolute atomic E-state index is 5.70. The van der Waals surface area contributed by atoms with E-state index in [9.17, 15) is 0 Å². The number of hydrogen-bond donors (Lipinski definition) is 0. The highest BCUT2D eigenvalue weighted by molar-refractivity contribution is 6.29. The Morgan fingerprint density at radius 3 is 2.92 bits per heavy atom. The fourth-order valence-electron chi connectivity index (χ4n) is 1.33. The van der Waals surface area contributed by atoms with Gasteiger partial charge in [-0.1, -0.05) is 18.5 Å². The highest BCUT2D eigenvalue weighted by Gasteiger charge is 2.07. The molecule has 2 aromatic heterocycles. The lowest BCUT2D eigenvalue weighted by molar-refractivity contribution is 0.813. The van der Waals surface area contributed by atoms with Crippen LogP contribution in [0, 0.1) is 0 Å². The Hall–Kier alpha value is -1.16. The van der Waals surface area contributed by atoms with Gasteiger partial charge in [0, 0.05) is 19.5 Å². The van der Waals surface area contributed by atoms with Crippen LogP contribution in [-0.2, 0) is 13.5 Å². The molecule has 4 nitrogen and oxygen atoms in total. The summed E-state index contributed by atoms with van der Waals surface area (Å²) in [5, 5.41) is 8.12. The van der Waals surface area contributed by atoms with Gasteiger partial charge < -0.3 is 4.57 Å². The molecule has 68 valence electrons. The minimum absolute atomic E-state index is 0.383. The third-order valence-corrected chi connectivity index (χ3v) is 2.18. The second-order valence-corrected chi connectivity index (χ2v) is 3.20. The van der Waals surface area contributed by atoms with Crippen molar-refractivity contribution >= 4 is 22.8 Å². The van der Waals surface area contributed by atoms with Gasteiger partial charge in [-0.3, -0.25) is 0 Å².